The van der Waals surface area contributed by atoms with Crippen LogP contribution in [0, 0.1) is 0 Å². The minimum absolute atomic E-state index is 0.215. The van der Waals surface area contributed by atoms with Gasteiger partial charge in [-0.1, -0.05) is 18.2 Å². The monoisotopic (exact) mass is 392 g/mol. The maximum atomic E-state index is 12.8. The van der Waals surface area contributed by atoms with Crippen molar-refractivity contribution in [3.63, 3.8) is 0 Å². The number of nitrogens with zero attached hydrogens (tertiary/aromatic N) is 2. The van der Waals surface area contributed by atoms with Crippen LogP contribution in [0.3, 0.4) is 0 Å². The fourth-order valence-corrected chi connectivity index (χ4v) is 4.06. The van der Waals surface area contributed by atoms with Crippen LogP contribution in [-0.2, 0) is 10.0 Å². The highest BCUT2D eigenvalue weighted by Crippen LogP contribution is 2.31. The first-order valence-corrected chi connectivity index (χ1v) is 8.95. The molecule has 0 aliphatic carbocycles. The molecule has 0 amide bonds. The second kappa shape index (κ2) is 6.17. The molecule has 3 aromatic rings. The first-order chi connectivity index (χ1) is 11.0. The van der Waals surface area contributed by atoms with Gasteiger partial charge in [-0.2, -0.15) is 0 Å². The van der Waals surface area contributed by atoms with E-state index in [0.717, 1.165) is 4.47 Å². The quantitative estimate of drug-likeness (QED) is 0.680. The van der Waals surface area contributed by atoms with Gasteiger partial charge < -0.3 is 4.74 Å². The summed E-state index contributed by atoms with van der Waals surface area (Å²) in [5.74, 6) is 1.01. The maximum absolute atomic E-state index is 12.8. The average Bonchev–Trinajstić information content (AvgIpc) is 3.06. The first-order valence-electron chi connectivity index (χ1n) is 6.72. The molecule has 0 fully saturated rings. The van der Waals surface area contributed by atoms with Gasteiger partial charge in [0.25, 0.3) is 10.0 Å². The lowest BCUT2D eigenvalue weighted by Crippen LogP contribution is -2.13. The van der Waals surface area contributed by atoms with E-state index < -0.39 is 10.0 Å². The van der Waals surface area contributed by atoms with E-state index in [0.29, 0.717) is 17.1 Å². The van der Waals surface area contributed by atoms with Crippen molar-refractivity contribution in [3.8, 4) is 17.1 Å². The molecule has 3 rings (SSSR count). The van der Waals surface area contributed by atoms with E-state index >= 15 is 0 Å². The summed E-state index contributed by atoms with van der Waals surface area (Å²) >= 11 is 3.40. The lowest BCUT2D eigenvalue weighted by Gasteiger charge is -2.10. The molecule has 0 saturated carbocycles. The number of imidazole rings is 1. The number of hydrogen-bond donors (Lipinski definition) is 0. The number of aromatic nitrogens is 2. The van der Waals surface area contributed by atoms with Crippen molar-refractivity contribution in [1.82, 2.24) is 8.96 Å². The van der Waals surface area contributed by atoms with Gasteiger partial charge in [0.1, 0.15) is 5.75 Å². The Kier molecular flexibility index (Phi) is 4.23. The van der Waals surface area contributed by atoms with Gasteiger partial charge in [-0.15, -0.1) is 0 Å². The molecule has 0 bridgehead atoms. The number of rotatable bonds is 4. The Balaban J connectivity index is 2.12. The van der Waals surface area contributed by atoms with E-state index in [1.54, 1.807) is 55.6 Å². The molecule has 1 heterocycles. The van der Waals surface area contributed by atoms with E-state index in [1.165, 1.54) is 16.4 Å². The molecule has 0 aliphatic rings. The predicted molar refractivity (Wildman–Crippen MR) is 90.9 cm³/mol. The van der Waals surface area contributed by atoms with Gasteiger partial charge in [0, 0.05) is 18.0 Å². The summed E-state index contributed by atoms with van der Waals surface area (Å²) < 4.78 is 32.7. The van der Waals surface area contributed by atoms with Gasteiger partial charge in [0.05, 0.1) is 16.5 Å². The predicted octanol–water partition coefficient (Wildman–Crippen LogP) is 3.56. The molecule has 5 nitrogen and oxygen atoms in total. The molecule has 2 aromatic carbocycles. The van der Waals surface area contributed by atoms with Gasteiger partial charge in [0.2, 0.25) is 0 Å². The van der Waals surface area contributed by atoms with E-state index in [4.69, 9.17) is 4.74 Å². The summed E-state index contributed by atoms with van der Waals surface area (Å²) in [6.07, 6.45) is 2.91. The van der Waals surface area contributed by atoms with Crippen LogP contribution in [0.15, 0.2) is 70.3 Å². The zero-order valence-corrected chi connectivity index (χ0v) is 14.6. The Morgan fingerprint density at radius 1 is 1.13 bits per heavy atom. The molecule has 0 spiro atoms. The molecule has 7 heteroatoms. The highest BCUT2D eigenvalue weighted by Gasteiger charge is 2.21. The van der Waals surface area contributed by atoms with Gasteiger partial charge in [0.15, 0.2) is 5.82 Å². The summed E-state index contributed by atoms with van der Waals surface area (Å²) in [5.41, 5.74) is 0.669. The van der Waals surface area contributed by atoms with Crippen LogP contribution < -0.4 is 4.74 Å². The molecule has 118 valence electrons. The van der Waals surface area contributed by atoms with Gasteiger partial charge in [-0.05, 0) is 46.3 Å². The third kappa shape index (κ3) is 2.89. The molecule has 0 saturated heterocycles. The normalized spacial score (nSPS) is 11.4. The highest BCUT2D eigenvalue weighted by atomic mass is 79.9. The van der Waals surface area contributed by atoms with Crippen molar-refractivity contribution >= 4 is 26.0 Å². The van der Waals surface area contributed by atoms with Crippen molar-refractivity contribution < 1.29 is 13.2 Å². The standard InChI is InChI=1S/C16H13BrN2O3S/c1-22-15-8-7-12(11-14(15)17)16-18-9-10-19(16)23(20,21)13-5-3-2-4-6-13/h2-11H,1H3. The lowest BCUT2D eigenvalue weighted by molar-refractivity contribution is 0.412. The van der Waals surface area contributed by atoms with Crippen LogP contribution in [0.1, 0.15) is 0 Å². The zero-order chi connectivity index (χ0) is 16.4. The minimum atomic E-state index is -3.70. The van der Waals surface area contributed by atoms with Gasteiger partial charge >= 0.3 is 0 Å². The maximum Gasteiger partial charge on any atom is 0.269 e. The first kappa shape index (κ1) is 15.8. The second-order valence-corrected chi connectivity index (χ2v) is 7.38. The zero-order valence-electron chi connectivity index (χ0n) is 12.2. The van der Waals surface area contributed by atoms with Crippen LogP contribution in [0.2, 0.25) is 0 Å². The van der Waals surface area contributed by atoms with Crippen molar-refractivity contribution in [3.05, 3.63) is 65.4 Å². The molecule has 0 aliphatic heterocycles. The topological polar surface area (TPSA) is 61.2 Å². The van der Waals surface area contributed by atoms with Crippen molar-refractivity contribution in [1.29, 1.82) is 0 Å². The Morgan fingerprint density at radius 3 is 2.52 bits per heavy atom. The largest absolute Gasteiger partial charge is 0.496 e. The minimum Gasteiger partial charge on any atom is -0.496 e. The Morgan fingerprint density at radius 2 is 1.87 bits per heavy atom. The second-order valence-electron chi connectivity index (χ2n) is 4.71. The lowest BCUT2D eigenvalue weighted by atomic mass is 10.2. The Labute approximate surface area is 142 Å². The molecule has 0 radical (unpaired) electrons. The Hall–Kier alpha value is -2.12. The number of methoxy groups -OCH3 is 1. The fourth-order valence-electron chi connectivity index (χ4n) is 2.20. The van der Waals surface area contributed by atoms with Gasteiger partial charge in [-0.3, -0.25) is 0 Å². The third-order valence-electron chi connectivity index (χ3n) is 3.32. The molecular weight excluding hydrogens is 380 g/mol. The molecule has 0 N–H and O–H groups in total. The molecule has 0 unspecified atom stereocenters. The number of hydrogen-bond acceptors (Lipinski definition) is 4. The van der Waals surface area contributed by atoms with E-state index in [2.05, 4.69) is 20.9 Å². The van der Waals surface area contributed by atoms with Crippen molar-refractivity contribution in [2.75, 3.05) is 7.11 Å². The Bertz CT molecular complexity index is 937. The van der Waals surface area contributed by atoms with E-state index in [9.17, 15) is 8.42 Å². The summed E-state index contributed by atoms with van der Waals surface area (Å²) in [6.45, 7) is 0. The summed E-state index contributed by atoms with van der Waals surface area (Å²) in [6, 6.07) is 13.6. The van der Waals surface area contributed by atoms with Crippen LogP contribution in [0.25, 0.3) is 11.4 Å². The molecule has 0 atom stereocenters. The summed E-state index contributed by atoms with van der Waals surface area (Å²) in [7, 11) is -2.13. The van der Waals surface area contributed by atoms with E-state index in [-0.39, 0.29) is 4.90 Å². The summed E-state index contributed by atoms with van der Waals surface area (Å²) in [5, 5.41) is 0. The smallest absolute Gasteiger partial charge is 0.269 e. The van der Waals surface area contributed by atoms with Crippen LogP contribution >= 0.6 is 15.9 Å². The van der Waals surface area contributed by atoms with Crippen molar-refractivity contribution in [2.24, 2.45) is 0 Å². The SMILES string of the molecule is COc1ccc(-c2nccn2S(=O)(=O)c2ccccc2)cc1Br. The number of benzene rings is 2. The van der Waals surface area contributed by atoms with Crippen LogP contribution in [-0.4, -0.2) is 24.5 Å². The molecule has 23 heavy (non-hydrogen) atoms. The molecular formula is C16H13BrN2O3S. The summed E-state index contributed by atoms with van der Waals surface area (Å²) in [4.78, 5) is 4.41. The fraction of sp³-hybridized carbons (Fsp3) is 0.0625. The average molecular weight is 393 g/mol. The van der Waals surface area contributed by atoms with E-state index in [1.807, 2.05) is 0 Å². The van der Waals surface area contributed by atoms with Gasteiger partial charge in [-0.25, -0.2) is 17.4 Å². The third-order valence-corrected chi connectivity index (χ3v) is 5.62. The van der Waals surface area contributed by atoms with Crippen molar-refractivity contribution in [2.45, 2.75) is 4.90 Å². The molecule has 1 aromatic heterocycles. The number of ether oxygens (including phenoxy) is 1. The van der Waals surface area contributed by atoms with Crippen LogP contribution in [0.5, 0.6) is 5.75 Å². The van der Waals surface area contributed by atoms with Crippen LogP contribution in [0.4, 0.5) is 0 Å². The number of halogens is 1. The highest BCUT2D eigenvalue weighted by molar-refractivity contribution is 9.10.